The number of nitrogens with one attached hydrogen (secondary N) is 1. The van der Waals surface area contributed by atoms with Gasteiger partial charge in [0, 0.05) is 6.20 Å². The van der Waals surface area contributed by atoms with Crippen molar-refractivity contribution in [1.29, 1.82) is 0 Å². The van der Waals surface area contributed by atoms with Crippen LogP contribution in [0.2, 0.25) is 10.0 Å². The molecule has 0 radical (unpaired) electrons. The fourth-order valence-electron chi connectivity index (χ4n) is 2.59. The summed E-state index contributed by atoms with van der Waals surface area (Å²) in [6.45, 7) is 4.53. The first-order valence-electron chi connectivity index (χ1n) is 8.45. The van der Waals surface area contributed by atoms with E-state index < -0.39 is 10.0 Å². The molecular weight excluding hydrogens is 485 g/mol. The Morgan fingerprint density at radius 1 is 1.11 bits per heavy atom. The fourth-order valence-corrected chi connectivity index (χ4v) is 4.47. The average molecular weight is 503 g/mol. The van der Waals surface area contributed by atoms with Gasteiger partial charge in [0.05, 0.1) is 26.0 Å². The predicted octanol–water partition coefficient (Wildman–Crippen LogP) is 5.92. The maximum absolute atomic E-state index is 12.7. The smallest absolute Gasteiger partial charge is 0.263 e. The third-order valence-corrected chi connectivity index (χ3v) is 6.81. The minimum atomic E-state index is -3.74. The van der Waals surface area contributed by atoms with Crippen LogP contribution in [0.25, 0.3) is 0 Å². The molecule has 148 valence electrons. The van der Waals surface area contributed by atoms with E-state index in [2.05, 4.69) is 39.6 Å². The summed E-state index contributed by atoms with van der Waals surface area (Å²) in [6.07, 6.45) is 1.70. The summed E-state index contributed by atoms with van der Waals surface area (Å²) in [5.41, 5.74) is 1.97. The minimum absolute atomic E-state index is 0.183. The second kappa shape index (κ2) is 8.45. The third kappa shape index (κ3) is 4.89. The Morgan fingerprint density at radius 3 is 2.39 bits per heavy atom. The number of sulfonamides is 1. The lowest BCUT2D eigenvalue weighted by Gasteiger charge is -2.09. The Bertz CT molecular complexity index is 1100. The van der Waals surface area contributed by atoms with E-state index in [1.165, 1.54) is 0 Å². The van der Waals surface area contributed by atoms with Crippen LogP contribution in [0.15, 0.2) is 58.0 Å². The first-order valence-corrected chi connectivity index (χ1v) is 11.5. The van der Waals surface area contributed by atoms with E-state index >= 15 is 0 Å². The maximum Gasteiger partial charge on any atom is 0.263 e. The molecule has 2 aromatic carbocycles. The number of hydrogen-bond donors (Lipinski definition) is 1. The van der Waals surface area contributed by atoms with E-state index in [0.29, 0.717) is 27.0 Å². The van der Waals surface area contributed by atoms with Crippen molar-refractivity contribution in [3.05, 3.63) is 74.3 Å². The van der Waals surface area contributed by atoms with Crippen LogP contribution in [0.4, 0.5) is 5.82 Å². The molecule has 1 N–H and O–H groups in total. The van der Waals surface area contributed by atoms with Gasteiger partial charge < -0.3 is 0 Å². The topological polar surface area (TPSA) is 64.0 Å². The highest BCUT2D eigenvalue weighted by atomic mass is 79.9. The molecule has 9 heteroatoms. The van der Waals surface area contributed by atoms with Gasteiger partial charge in [-0.05, 0) is 57.2 Å². The van der Waals surface area contributed by atoms with Gasteiger partial charge in [0.2, 0.25) is 0 Å². The highest BCUT2D eigenvalue weighted by molar-refractivity contribution is 9.10. The van der Waals surface area contributed by atoms with Crippen molar-refractivity contribution in [1.82, 2.24) is 9.78 Å². The number of aromatic nitrogens is 2. The first-order chi connectivity index (χ1) is 13.2. The number of hydrogen-bond acceptors (Lipinski definition) is 3. The van der Waals surface area contributed by atoms with Crippen LogP contribution in [-0.2, 0) is 16.6 Å². The van der Waals surface area contributed by atoms with E-state index in [1.54, 1.807) is 35.1 Å². The summed E-state index contributed by atoms with van der Waals surface area (Å²) in [5, 5.41) is 5.25. The highest BCUT2D eigenvalue weighted by Crippen LogP contribution is 2.26. The molecule has 1 aromatic heterocycles. The van der Waals surface area contributed by atoms with Gasteiger partial charge in [-0.1, -0.05) is 55.2 Å². The summed E-state index contributed by atoms with van der Waals surface area (Å²) >= 11 is 15.3. The molecule has 0 atom stereocenters. The first kappa shape index (κ1) is 21.2. The standard InChI is InChI=1S/C19H18BrCl2N3O2S/c1-12(2)14-4-6-15(7-5-14)28(26,27)24-19-16(20)11-25(23-19)10-13-3-8-17(21)18(22)9-13/h3-9,11-12H,10H2,1-2H3,(H,23,24). The van der Waals surface area contributed by atoms with Crippen LogP contribution in [0.3, 0.4) is 0 Å². The van der Waals surface area contributed by atoms with Crippen LogP contribution in [-0.4, -0.2) is 18.2 Å². The number of benzene rings is 2. The molecule has 0 aliphatic heterocycles. The second-order valence-electron chi connectivity index (χ2n) is 6.60. The number of halogens is 3. The molecule has 5 nitrogen and oxygen atoms in total. The SMILES string of the molecule is CC(C)c1ccc(S(=O)(=O)Nc2nn(Cc3ccc(Cl)c(Cl)c3)cc2Br)cc1. The van der Waals surface area contributed by atoms with Crippen molar-refractivity contribution < 1.29 is 8.42 Å². The monoisotopic (exact) mass is 501 g/mol. The van der Waals surface area contributed by atoms with E-state index in [9.17, 15) is 8.42 Å². The van der Waals surface area contributed by atoms with Gasteiger partial charge in [-0.2, -0.15) is 5.10 Å². The Kier molecular flexibility index (Phi) is 6.39. The largest absolute Gasteiger partial charge is 0.265 e. The second-order valence-corrected chi connectivity index (χ2v) is 9.95. The van der Waals surface area contributed by atoms with Crippen LogP contribution < -0.4 is 4.72 Å². The van der Waals surface area contributed by atoms with Crippen molar-refractivity contribution in [2.45, 2.75) is 31.2 Å². The van der Waals surface area contributed by atoms with Crippen molar-refractivity contribution in [3.63, 3.8) is 0 Å². The molecule has 0 aliphatic carbocycles. The Morgan fingerprint density at radius 2 is 1.79 bits per heavy atom. The zero-order valence-corrected chi connectivity index (χ0v) is 19.1. The molecular formula is C19H18BrCl2N3O2S. The van der Waals surface area contributed by atoms with Gasteiger partial charge in [0.25, 0.3) is 10.0 Å². The van der Waals surface area contributed by atoms with Crippen molar-refractivity contribution >= 4 is 55.0 Å². The van der Waals surface area contributed by atoms with Crippen molar-refractivity contribution in [3.8, 4) is 0 Å². The molecule has 0 unspecified atom stereocenters. The van der Waals surface area contributed by atoms with Gasteiger partial charge in [-0.25, -0.2) is 8.42 Å². The van der Waals surface area contributed by atoms with E-state index in [1.807, 2.05) is 18.2 Å². The molecule has 1 heterocycles. The minimum Gasteiger partial charge on any atom is -0.265 e. The fraction of sp³-hybridized carbons (Fsp3) is 0.211. The van der Waals surface area contributed by atoms with Crippen molar-refractivity contribution in [2.75, 3.05) is 4.72 Å². The number of nitrogens with zero attached hydrogens (tertiary/aromatic N) is 2. The summed E-state index contributed by atoms with van der Waals surface area (Å²) in [4.78, 5) is 0.183. The highest BCUT2D eigenvalue weighted by Gasteiger charge is 2.18. The van der Waals surface area contributed by atoms with Crippen molar-refractivity contribution in [2.24, 2.45) is 0 Å². The zero-order valence-electron chi connectivity index (χ0n) is 15.2. The Hall–Kier alpha value is -1.54. The van der Waals surface area contributed by atoms with Crippen LogP contribution >= 0.6 is 39.1 Å². The molecule has 0 saturated heterocycles. The lowest BCUT2D eigenvalue weighted by atomic mass is 10.0. The molecule has 0 fully saturated rings. The maximum atomic E-state index is 12.7. The Balaban J connectivity index is 1.79. The van der Waals surface area contributed by atoms with Gasteiger partial charge in [-0.3, -0.25) is 9.40 Å². The average Bonchev–Trinajstić information content (AvgIpc) is 2.96. The third-order valence-electron chi connectivity index (χ3n) is 4.13. The lowest BCUT2D eigenvalue weighted by Crippen LogP contribution is -2.14. The molecule has 0 saturated carbocycles. The van der Waals surface area contributed by atoms with Crippen LogP contribution in [0, 0.1) is 0 Å². The molecule has 3 rings (SSSR count). The quantitative estimate of drug-likeness (QED) is 0.454. The molecule has 0 amide bonds. The molecule has 28 heavy (non-hydrogen) atoms. The van der Waals surface area contributed by atoms with Gasteiger partial charge in [0.15, 0.2) is 5.82 Å². The van der Waals surface area contributed by atoms with E-state index in [0.717, 1.165) is 11.1 Å². The molecule has 0 spiro atoms. The zero-order chi connectivity index (χ0) is 20.5. The summed E-state index contributed by atoms with van der Waals surface area (Å²) in [6, 6.07) is 12.1. The number of anilines is 1. The molecule has 0 aliphatic rings. The normalized spacial score (nSPS) is 11.8. The molecule has 3 aromatic rings. The summed E-state index contributed by atoms with van der Waals surface area (Å²) in [5.74, 6) is 0.545. The summed E-state index contributed by atoms with van der Waals surface area (Å²) < 4.78 is 30.0. The Labute approximate surface area is 182 Å². The van der Waals surface area contributed by atoms with Gasteiger partial charge >= 0.3 is 0 Å². The van der Waals surface area contributed by atoms with Crippen LogP contribution in [0.1, 0.15) is 30.9 Å². The van der Waals surface area contributed by atoms with Crippen LogP contribution in [0.5, 0.6) is 0 Å². The molecule has 0 bridgehead atoms. The lowest BCUT2D eigenvalue weighted by molar-refractivity contribution is 0.600. The summed E-state index contributed by atoms with van der Waals surface area (Å²) in [7, 11) is -3.74. The van der Waals surface area contributed by atoms with E-state index in [-0.39, 0.29) is 10.7 Å². The number of rotatable bonds is 6. The predicted molar refractivity (Wildman–Crippen MR) is 117 cm³/mol. The van der Waals surface area contributed by atoms with Gasteiger partial charge in [0.1, 0.15) is 0 Å². The van der Waals surface area contributed by atoms with Gasteiger partial charge in [-0.15, -0.1) is 0 Å². The van der Waals surface area contributed by atoms with E-state index in [4.69, 9.17) is 23.2 Å².